The van der Waals surface area contributed by atoms with Gasteiger partial charge in [0.2, 0.25) is 5.91 Å². The predicted octanol–water partition coefficient (Wildman–Crippen LogP) is 2.81. The molecule has 2 heterocycles. The minimum atomic E-state index is -0.224. The average Bonchev–Trinajstić information content (AvgIpc) is 3.12. The number of carbonyl (C=O) groups is 1. The van der Waals surface area contributed by atoms with Crippen LogP contribution in [0.15, 0.2) is 28.0 Å². The van der Waals surface area contributed by atoms with Crippen molar-refractivity contribution in [2.24, 2.45) is 5.92 Å². The van der Waals surface area contributed by atoms with Gasteiger partial charge in [-0.3, -0.25) is 9.36 Å². The van der Waals surface area contributed by atoms with Gasteiger partial charge in [0.05, 0.1) is 11.5 Å². The molecule has 0 aliphatic rings. The van der Waals surface area contributed by atoms with Crippen molar-refractivity contribution in [3.05, 3.63) is 18.4 Å². The van der Waals surface area contributed by atoms with E-state index in [0.717, 1.165) is 5.16 Å². The van der Waals surface area contributed by atoms with E-state index >= 15 is 0 Å². The first-order chi connectivity index (χ1) is 10.5. The highest BCUT2D eigenvalue weighted by Crippen LogP contribution is 2.26. The fourth-order valence-electron chi connectivity index (χ4n) is 1.91. The molecule has 0 bridgehead atoms. The molecule has 0 fully saturated rings. The fourth-order valence-corrected chi connectivity index (χ4v) is 2.85. The Morgan fingerprint density at radius 1 is 1.41 bits per heavy atom. The zero-order valence-corrected chi connectivity index (χ0v) is 14.2. The van der Waals surface area contributed by atoms with Crippen LogP contribution in [-0.2, 0) is 11.3 Å². The van der Waals surface area contributed by atoms with E-state index in [-0.39, 0.29) is 11.2 Å². The first kappa shape index (κ1) is 16.6. The van der Waals surface area contributed by atoms with Crippen LogP contribution in [-0.4, -0.2) is 32.5 Å². The number of furan rings is 1. The highest BCUT2D eigenvalue weighted by Gasteiger charge is 2.21. The first-order valence-corrected chi connectivity index (χ1v) is 8.32. The summed E-state index contributed by atoms with van der Waals surface area (Å²) in [4.78, 5) is 12.1. The van der Waals surface area contributed by atoms with Gasteiger partial charge < -0.3 is 9.73 Å². The van der Waals surface area contributed by atoms with Crippen molar-refractivity contribution >= 4 is 17.7 Å². The SMILES string of the molecule is CCn1c(SC(C)C(=O)NCC(C)C)nnc1-c1ccco1. The van der Waals surface area contributed by atoms with Crippen molar-refractivity contribution in [2.45, 2.75) is 44.6 Å². The molecule has 1 unspecified atom stereocenters. The quantitative estimate of drug-likeness (QED) is 0.794. The van der Waals surface area contributed by atoms with Gasteiger partial charge in [-0.15, -0.1) is 10.2 Å². The van der Waals surface area contributed by atoms with Crippen LogP contribution >= 0.6 is 11.8 Å². The Morgan fingerprint density at radius 2 is 2.18 bits per heavy atom. The predicted molar refractivity (Wildman–Crippen MR) is 86.6 cm³/mol. The molecule has 0 aromatic carbocycles. The molecular formula is C15H22N4O2S. The summed E-state index contributed by atoms with van der Waals surface area (Å²) in [5, 5.41) is 11.8. The first-order valence-electron chi connectivity index (χ1n) is 7.44. The number of amides is 1. The number of aromatic nitrogens is 3. The molecule has 0 spiro atoms. The lowest BCUT2D eigenvalue weighted by Crippen LogP contribution is -2.33. The van der Waals surface area contributed by atoms with Crippen molar-refractivity contribution in [2.75, 3.05) is 6.54 Å². The Bertz CT molecular complexity index is 607. The van der Waals surface area contributed by atoms with Crippen LogP contribution in [0.4, 0.5) is 0 Å². The molecular weight excluding hydrogens is 300 g/mol. The van der Waals surface area contributed by atoms with Crippen LogP contribution in [0.5, 0.6) is 0 Å². The van der Waals surface area contributed by atoms with E-state index in [9.17, 15) is 4.79 Å². The molecule has 7 heteroatoms. The summed E-state index contributed by atoms with van der Waals surface area (Å²) in [7, 11) is 0. The maximum Gasteiger partial charge on any atom is 0.233 e. The van der Waals surface area contributed by atoms with E-state index in [1.807, 2.05) is 30.5 Å². The monoisotopic (exact) mass is 322 g/mol. The van der Waals surface area contributed by atoms with E-state index in [4.69, 9.17) is 4.42 Å². The molecule has 2 rings (SSSR count). The summed E-state index contributed by atoms with van der Waals surface area (Å²) < 4.78 is 7.33. The van der Waals surface area contributed by atoms with Gasteiger partial charge in [0, 0.05) is 13.1 Å². The Morgan fingerprint density at radius 3 is 2.77 bits per heavy atom. The number of hydrogen-bond acceptors (Lipinski definition) is 5. The van der Waals surface area contributed by atoms with E-state index < -0.39 is 0 Å². The molecule has 2 aromatic rings. The number of nitrogens with one attached hydrogen (secondary N) is 1. The van der Waals surface area contributed by atoms with Crippen LogP contribution < -0.4 is 5.32 Å². The molecule has 6 nitrogen and oxygen atoms in total. The number of rotatable bonds is 7. The van der Waals surface area contributed by atoms with Gasteiger partial charge in [-0.1, -0.05) is 25.6 Å². The van der Waals surface area contributed by atoms with Crippen LogP contribution in [0.2, 0.25) is 0 Å². The lowest BCUT2D eigenvalue weighted by molar-refractivity contribution is -0.120. The van der Waals surface area contributed by atoms with Crippen LogP contribution in [0, 0.1) is 5.92 Å². The Kier molecular flexibility index (Phi) is 5.65. The number of nitrogens with zero attached hydrogens (tertiary/aromatic N) is 3. The van der Waals surface area contributed by atoms with Crippen LogP contribution in [0.1, 0.15) is 27.7 Å². The van der Waals surface area contributed by atoms with Gasteiger partial charge in [0.1, 0.15) is 0 Å². The summed E-state index contributed by atoms with van der Waals surface area (Å²) in [6.45, 7) is 9.43. The highest BCUT2D eigenvalue weighted by atomic mass is 32.2. The second-order valence-electron chi connectivity index (χ2n) is 5.43. The molecule has 1 amide bonds. The number of hydrogen-bond donors (Lipinski definition) is 1. The van der Waals surface area contributed by atoms with Crippen molar-refractivity contribution in [1.29, 1.82) is 0 Å². The Labute approximate surface area is 134 Å². The van der Waals surface area contributed by atoms with E-state index in [0.29, 0.717) is 30.6 Å². The summed E-state index contributed by atoms with van der Waals surface area (Å²) in [5.41, 5.74) is 0. The minimum absolute atomic E-state index is 0.0175. The topological polar surface area (TPSA) is 73.0 Å². The molecule has 1 atom stereocenters. The molecule has 0 saturated carbocycles. The van der Waals surface area contributed by atoms with Gasteiger partial charge in [0.25, 0.3) is 0 Å². The molecule has 2 aromatic heterocycles. The minimum Gasteiger partial charge on any atom is -0.461 e. The van der Waals surface area contributed by atoms with E-state index in [1.165, 1.54) is 11.8 Å². The zero-order chi connectivity index (χ0) is 16.1. The van der Waals surface area contributed by atoms with Crippen molar-refractivity contribution in [3.8, 4) is 11.6 Å². The highest BCUT2D eigenvalue weighted by molar-refractivity contribution is 8.00. The van der Waals surface area contributed by atoms with E-state index in [2.05, 4.69) is 29.4 Å². The normalized spacial score (nSPS) is 12.6. The van der Waals surface area contributed by atoms with Gasteiger partial charge >= 0.3 is 0 Å². The molecule has 0 aliphatic carbocycles. The summed E-state index contributed by atoms with van der Waals surface area (Å²) in [5.74, 6) is 1.82. The third kappa shape index (κ3) is 3.91. The number of thioether (sulfide) groups is 1. The molecule has 1 N–H and O–H groups in total. The molecule has 120 valence electrons. The van der Waals surface area contributed by atoms with Gasteiger partial charge in [-0.25, -0.2) is 0 Å². The maximum absolute atomic E-state index is 12.1. The van der Waals surface area contributed by atoms with Crippen molar-refractivity contribution in [1.82, 2.24) is 20.1 Å². The second-order valence-corrected chi connectivity index (χ2v) is 6.73. The third-order valence-corrected chi connectivity index (χ3v) is 4.19. The fraction of sp³-hybridized carbons (Fsp3) is 0.533. The zero-order valence-electron chi connectivity index (χ0n) is 13.4. The van der Waals surface area contributed by atoms with Gasteiger partial charge in [-0.2, -0.15) is 0 Å². The maximum atomic E-state index is 12.1. The smallest absolute Gasteiger partial charge is 0.233 e. The van der Waals surface area contributed by atoms with Crippen molar-refractivity contribution < 1.29 is 9.21 Å². The second kappa shape index (κ2) is 7.49. The summed E-state index contributed by atoms with van der Waals surface area (Å²) in [6, 6.07) is 3.67. The van der Waals surface area contributed by atoms with Gasteiger partial charge in [0.15, 0.2) is 16.7 Å². The van der Waals surface area contributed by atoms with Crippen molar-refractivity contribution in [3.63, 3.8) is 0 Å². The Hall–Kier alpha value is -1.76. The van der Waals surface area contributed by atoms with E-state index in [1.54, 1.807) is 6.26 Å². The van der Waals surface area contributed by atoms with Gasteiger partial charge in [-0.05, 0) is 31.9 Å². The largest absolute Gasteiger partial charge is 0.461 e. The molecule has 22 heavy (non-hydrogen) atoms. The third-order valence-electron chi connectivity index (χ3n) is 3.11. The Balaban J connectivity index is 2.08. The molecule has 0 aliphatic heterocycles. The number of carbonyl (C=O) groups excluding carboxylic acids is 1. The lowest BCUT2D eigenvalue weighted by Gasteiger charge is -2.13. The lowest BCUT2D eigenvalue weighted by atomic mass is 10.2. The summed E-state index contributed by atoms with van der Waals surface area (Å²) in [6.07, 6.45) is 1.61. The standard InChI is InChI=1S/C15H22N4O2S/c1-5-19-13(12-7-6-8-21-12)17-18-15(19)22-11(4)14(20)16-9-10(2)3/h6-8,10-11H,5,9H2,1-4H3,(H,16,20). The molecule has 0 radical (unpaired) electrons. The average molecular weight is 322 g/mol. The van der Waals surface area contributed by atoms with Crippen LogP contribution in [0.3, 0.4) is 0 Å². The molecule has 0 saturated heterocycles. The summed E-state index contributed by atoms with van der Waals surface area (Å²) >= 11 is 1.41. The van der Waals surface area contributed by atoms with Crippen LogP contribution in [0.25, 0.3) is 11.6 Å².